The van der Waals surface area contributed by atoms with Crippen LogP contribution in [0.3, 0.4) is 0 Å². The zero-order valence-corrected chi connectivity index (χ0v) is 17.5. The molecule has 2 aromatic rings. The summed E-state index contributed by atoms with van der Waals surface area (Å²) in [5.41, 5.74) is 2.71. The van der Waals surface area contributed by atoms with Crippen LogP contribution in [0.15, 0.2) is 48.5 Å². The molecule has 0 saturated carbocycles. The molecule has 0 radical (unpaired) electrons. The summed E-state index contributed by atoms with van der Waals surface area (Å²) < 4.78 is 10.7. The SMILES string of the molecule is COc1ccc([C@H]2CN(C(=O)c3ccccc3C)C[C@@H]2C(=O)N2CCOCC2)cc1. The van der Waals surface area contributed by atoms with Crippen LogP contribution in [0, 0.1) is 12.8 Å². The summed E-state index contributed by atoms with van der Waals surface area (Å²) in [5.74, 6) is 0.576. The van der Waals surface area contributed by atoms with Gasteiger partial charge < -0.3 is 19.3 Å². The van der Waals surface area contributed by atoms with Crippen LogP contribution in [0.4, 0.5) is 0 Å². The third-order valence-corrected chi connectivity index (χ3v) is 6.17. The molecule has 2 aliphatic rings. The predicted molar refractivity (Wildman–Crippen MR) is 114 cm³/mol. The van der Waals surface area contributed by atoms with Gasteiger partial charge in [0.05, 0.1) is 26.2 Å². The molecular weight excluding hydrogens is 380 g/mol. The van der Waals surface area contributed by atoms with E-state index < -0.39 is 0 Å². The molecule has 0 aromatic heterocycles. The van der Waals surface area contributed by atoms with Crippen molar-refractivity contribution < 1.29 is 19.1 Å². The summed E-state index contributed by atoms with van der Waals surface area (Å²) in [5, 5.41) is 0. The second-order valence-corrected chi connectivity index (χ2v) is 7.95. The summed E-state index contributed by atoms with van der Waals surface area (Å²) in [6, 6.07) is 15.5. The first-order chi connectivity index (χ1) is 14.6. The molecule has 2 saturated heterocycles. The molecule has 0 spiro atoms. The summed E-state index contributed by atoms with van der Waals surface area (Å²) >= 11 is 0. The first-order valence-electron chi connectivity index (χ1n) is 10.4. The largest absolute Gasteiger partial charge is 0.497 e. The molecule has 2 aliphatic heterocycles. The number of likely N-dealkylation sites (tertiary alicyclic amines) is 1. The molecule has 6 nitrogen and oxygen atoms in total. The van der Waals surface area contributed by atoms with E-state index in [9.17, 15) is 9.59 Å². The molecule has 4 rings (SSSR count). The highest BCUT2D eigenvalue weighted by atomic mass is 16.5. The highest BCUT2D eigenvalue weighted by molar-refractivity contribution is 5.96. The highest BCUT2D eigenvalue weighted by Crippen LogP contribution is 2.36. The van der Waals surface area contributed by atoms with Gasteiger partial charge in [-0.1, -0.05) is 30.3 Å². The van der Waals surface area contributed by atoms with Gasteiger partial charge in [-0.3, -0.25) is 9.59 Å². The Balaban J connectivity index is 1.61. The topological polar surface area (TPSA) is 59.1 Å². The second-order valence-electron chi connectivity index (χ2n) is 7.95. The number of amides is 2. The number of morpholine rings is 1. The van der Waals surface area contributed by atoms with Crippen molar-refractivity contribution in [2.24, 2.45) is 5.92 Å². The monoisotopic (exact) mass is 408 g/mol. The van der Waals surface area contributed by atoms with Crippen LogP contribution in [-0.2, 0) is 9.53 Å². The lowest BCUT2D eigenvalue weighted by molar-refractivity contribution is -0.139. The van der Waals surface area contributed by atoms with Gasteiger partial charge in [0.2, 0.25) is 5.91 Å². The van der Waals surface area contributed by atoms with Gasteiger partial charge in [-0.2, -0.15) is 0 Å². The van der Waals surface area contributed by atoms with E-state index in [0.29, 0.717) is 45.0 Å². The molecule has 2 heterocycles. The Morgan fingerprint density at radius 3 is 2.33 bits per heavy atom. The standard InChI is InChI=1S/C24H28N2O4/c1-17-5-3-4-6-20(17)23(27)26-15-21(18-7-9-19(29-2)10-8-18)22(16-26)24(28)25-11-13-30-14-12-25/h3-10,21-22H,11-16H2,1-2H3/t21-,22+/m1/s1. The van der Waals surface area contributed by atoms with E-state index in [0.717, 1.165) is 16.9 Å². The third-order valence-electron chi connectivity index (χ3n) is 6.17. The molecular formula is C24H28N2O4. The van der Waals surface area contributed by atoms with E-state index in [1.54, 1.807) is 7.11 Å². The highest BCUT2D eigenvalue weighted by Gasteiger charge is 2.42. The fourth-order valence-electron chi connectivity index (χ4n) is 4.41. The van der Waals surface area contributed by atoms with Crippen molar-refractivity contribution in [2.45, 2.75) is 12.8 Å². The lowest BCUT2D eigenvalue weighted by atomic mass is 9.88. The molecule has 2 fully saturated rings. The maximum absolute atomic E-state index is 13.4. The van der Waals surface area contributed by atoms with Crippen LogP contribution in [0.2, 0.25) is 0 Å². The van der Waals surface area contributed by atoms with E-state index in [-0.39, 0.29) is 23.7 Å². The molecule has 0 N–H and O–H groups in total. The Morgan fingerprint density at radius 1 is 0.967 bits per heavy atom. The average molecular weight is 408 g/mol. The number of carbonyl (C=O) groups is 2. The maximum atomic E-state index is 13.4. The molecule has 0 bridgehead atoms. The van der Waals surface area contributed by atoms with Crippen LogP contribution in [0.25, 0.3) is 0 Å². The number of ether oxygens (including phenoxy) is 2. The predicted octanol–water partition coefficient (Wildman–Crippen LogP) is 2.72. The Morgan fingerprint density at radius 2 is 1.67 bits per heavy atom. The van der Waals surface area contributed by atoms with E-state index in [2.05, 4.69) is 0 Å². The van der Waals surface area contributed by atoms with Crippen molar-refractivity contribution in [1.82, 2.24) is 9.80 Å². The lowest BCUT2D eigenvalue weighted by Gasteiger charge is -2.30. The molecule has 2 amide bonds. The minimum atomic E-state index is -0.260. The smallest absolute Gasteiger partial charge is 0.254 e. The van der Waals surface area contributed by atoms with Gasteiger partial charge in [0, 0.05) is 37.7 Å². The molecule has 158 valence electrons. The number of nitrogens with zero attached hydrogens (tertiary/aromatic N) is 2. The first-order valence-corrected chi connectivity index (χ1v) is 10.4. The third kappa shape index (κ3) is 4.05. The van der Waals surface area contributed by atoms with Crippen molar-refractivity contribution in [2.75, 3.05) is 46.5 Å². The van der Waals surface area contributed by atoms with E-state index in [1.807, 2.05) is 65.3 Å². The molecule has 2 aromatic carbocycles. The molecule has 6 heteroatoms. The van der Waals surface area contributed by atoms with Crippen molar-refractivity contribution in [3.8, 4) is 5.75 Å². The number of carbonyl (C=O) groups excluding carboxylic acids is 2. The number of aryl methyl sites for hydroxylation is 1. The zero-order valence-electron chi connectivity index (χ0n) is 17.5. The van der Waals surface area contributed by atoms with Crippen LogP contribution in [0.1, 0.15) is 27.4 Å². The van der Waals surface area contributed by atoms with Gasteiger partial charge in [0.15, 0.2) is 0 Å². The fraction of sp³-hybridized carbons (Fsp3) is 0.417. The number of hydrogen-bond donors (Lipinski definition) is 0. The Kier molecular flexibility index (Phi) is 6.04. The van der Waals surface area contributed by atoms with Crippen LogP contribution in [-0.4, -0.2) is 68.1 Å². The maximum Gasteiger partial charge on any atom is 0.254 e. The Bertz CT molecular complexity index is 906. The normalized spacial score (nSPS) is 21.5. The van der Waals surface area contributed by atoms with E-state index in [4.69, 9.17) is 9.47 Å². The summed E-state index contributed by atoms with van der Waals surface area (Å²) in [7, 11) is 1.64. The number of benzene rings is 2. The van der Waals surface area contributed by atoms with Gasteiger partial charge in [-0.15, -0.1) is 0 Å². The number of methoxy groups -OCH3 is 1. The van der Waals surface area contributed by atoms with Crippen LogP contribution >= 0.6 is 0 Å². The number of hydrogen-bond acceptors (Lipinski definition) is 4. The molecule has 30 heavy (non-hydrogen) atoms. The Labute approximate surface area is 177 Å². The van der Waals surface area contributed by atoms with Crippen LogP contribution in [0.5, 0.6) is 5.75 Å². The van der Waals surface area contributed by atoms with Gasteiger partial charge in [0.25, 0.3) is 5.91 Å². The second kappa shape index (κ2) is 8.88. The van der Waals surface area contributed by atoms with Crippen molar-refractivity contribution in [3.05, 3.63) is 65.2 Å². The van der Waals surface area contributed by atoms with E-state index in [1.165, 1.54) is 0 Å². The van der Waals surface area contributed by atoms with Crippen molar-refractivity contribution >= 4 is 11.8 Å². The van der Waals surface area contributed by atoms with Gasteiger partial charge in [-0.25, -0.2) is 0 Å². The zero-order chi connectivity index (χ0) is 21.1. The lowest BCUT2D eigenvalue weighted by Crippen LogP contribution is -2.45. The minimum Gasteiger partial charge on any atom is -0.497 e. The first kappa shape index (κ1) is 20.4. The molecule has 0 aliphatic carbocycles. The molecule has 2 atom stereocenters. The Hall–Kier alpha value is -2.86. The number of rotatable bonds is 4. The van der Waals surface area contributed by atoms with Crippen LogP contribution < -0.4 is 4.74 Å². The van der Waals surface area contributed by atoms with Gasteiger partial charge in [0.1, 0.15) is 5.75 Å². The fourth-order valence-corrected chi connectivity index (χ4v) is 4.41. The minimum absolute atomic E-state index is 0.0103. The van der Waals surface area contributed by atoms with Crippen molar-refractivity contribution in [3.63, 3.8) is 0 Å². The molecule has 0 unspecified atom stereocenters. The van der Waals surface area contributed by atoms with Crippen molar-refractivity contribution in [1.29, 1.82) is 0 Å². The summed E-state index contributed by atoms with van der Waals surface area (Å²) in [4.78, 5) is 30.4. The van der Waals surface area contributed by atoms with Gasteiger partial charge in [-0.05, 0) is 36.2 Å². The average Bonchev–Trinajstić information content (AvgIpc) is 3.24. The van der Waals surface area contributed by atoms with E-state index >= 15 is 0 Å². The van der Waals surface area contributed by atoms with Gasteiger partial charge >= 0.3 is 0 Å². The summed E-state index contributed by atoms with van der Waals surface area (Å²) in [6.07, 6.45) is 0. The quantitative estimate of drug-likeness (QED) is 0.781. The summed E-state index contributed by atoms with van der Waals surface area (Å²) in [6.45, 7) is 5.25.